The van der Waals surface area contributed by atoms with Crippen LogP contribution in [0.15, 0.2) is 23.1 Å². The Morgan fingerprint density at radius 2 is 2.21 bits per heavy atom. The Kier molecular flexibility index (Phi) is 6.23. The van der Waals surface area contributed by atoms with E-state index in [0.717, 1.165) is 16.3 Å². The molecule has 1 N–H and O–H groups in total. The average Bonchev–Trinajstić information content (AvgIpc) is 2.39. The highest BCUT2D eigenvalue weighted by Crippen LogP contribution is 2.30. The summed E-state index contributed by atoms with van der Waals surface area (Å²) < 4.78 is 0. The molecular formula is C14H18N2O2S. The van der Waals surface area contributed by atoms with Gasteiger partial charge in [0.15, 0.2) is 0 Å². The Morgan fingerprint density at radius 1 is 1.47 bits per heavy atom. The van der Waals surface area contributed by atoms with Crippen LogP contribution in [0, 0.1) is 11.3 Å². The van der Waals surface area contributed by atoms with E-state index < -0.39 is 5.97 Å². The first-order valence-corrected chi connectivity index (χ1v) is 7.25. The number of anilines is 1. The molecule has 0 heterocycles. The molecule has 0 aromatic heterocycles. The standard InChI is InChI=1S/C14H18N2O2S/c1-3-16(9-8-14(17)18)12-6-5-7-13(19-4-2)11(12)10-15/h5-7H,3-4,8-9H2,1-2H3,(H,17,18). The van der Waals surface area contributed by atoms with Gasteiger partial charge in [0.05, 0.1) is 17.7 Å². The molecule has 0 saturated carbocycles. The minimum atomic E-state index is -0.823. The zero-order valence-corrected chi connectivity index (χ0v) is 12.0. The van der Waals surface area contributed by atoms with Crippen LogP contribution in [0.5, 0.6) is 0 Å². The summed E-state index contributed by atoms with van der Waals surface area (Å²) in [7, 11) is 0. The van der Waals surface area contributed by atoms with Crippen molar-refractivity contribution in [1.82, 2.24) is 0 Å². The summed E-state index contributed by atoms with van der Waals surface area (Å²) in [4.78, 5) is 13.6. The molecule has 0 aliphatic carbocycles. The zero-order chi connectivity index (χ0) is 14.3. The minimum absolute atomic E-state index is 0.0733. The second-order valence-electron chi connectivity index (χ2n) is 3.92. The summed E-state index contributed by atoms with van der Waals surface area (Å²) in [6.45, 7) is 5.10. The van der Waals surface area contributed by atoms with Crippen LogP contribution >= 0.6 is 11.8 Å². The van der Waals surface area contributed by atoms with Gasteiger partial charge < -0.3 is 10.0 Å². The quantitative estimate of drug-likeness (QED) is 0.777. The van der Waals surface area contributed by atoms with Gasteiger partial charge in [-0.15, -0.1) is 11.8 Å². The molecule has 0 radical (unpaired) electrons. The van der Waals surface area contributed by atoms with Gasteiger partial charge in [0.25, 0.3) is 0 Å². The van der Waals surface area contributed by atoms with Crippen LogP contribution in [0.2, 0.25) is 0 Å². The fourth-order valence-electron chi connectivity index (χ4n) is 1.85. The topological polar surface area (TPSA) is 64.3 Å². The molecule has 0 unspecified atom stereocenters. The molecule has 0 amide bonds. The first-order valence-electron chi connectivity index (χ1n) is 6.26. The summed E-state index contributed by atoms with van der Waals surface area (Å²) in [5, 5.41) is 18.1. The molecule has 0 spiro atoms. The summed E-state index contributed by atoms with van der Waals surface area (Å²) >= 11 is 1.63. The molecule has 0 atom stereocenters. The highest BCUT2D eigenvalue weighted by atomic mass is 32.2. The second kappa shape index (κ2) is 7.70. The van der Waals surface area contributed by atoms with Crippen molar-refractivity contribution < 1.29 is 9.90 Å². The second-order valence-corrected chi connectivity index (χ2v) is 5.22. The number of nitriles is 1. The van der Waals surface area contributed by atoms with Crippen molar-refractivity contribution in [2.75, 3.05) is 23.7 Å². The summed E-state index contributed by atoms with van der Waals surface area (Å²) in [5.41, 5.74) is 1.46. The van der Waals surface area contributed by atoms with E-state index in [1.54, 1.807) is 11.8 Å². The van der Waals surface area contributed by atoms with Crippen LogP contribution in [0.4, 0.5) is 5.69 Å². The van der Waals surface area contributed by atoms with E-state index in [0.29, 0.717) is 18.7 Å². The van der Waals surface area contributed by atoms with Crippen molar-refractivity contribution in [3.05, 3.63) is 23.8 Å². The molecule has 19 heavy (non-hydrogen) atoms. The lowest BCUT2D eigenvalue weighted by molar-refractivity contribution is -0.136. The van der Waals surface area contributed by atoms with Crippen molar-refractivity contribution in [2.24, 2.45) is 0 Å². The Balaban J connectivity index is 3.06. The highest BCUT2D eigenvalue weighted by Gasteiger charge is 2.14. The molecule has 0 bridgehead atoms. The van der Waals surface area contributed by atoms with Crippen molar-refractivity contribution in [3.63, 3.8) is 0 Å². The summed E-state index contributed by atoms with van der Waals surface area (Å²) in [6.07, 6.45) is 0.0733. The number of carboxylic acid groups (broad SMARTS) is 1. The maximum atomic E-state index is 10.7. The SMILES string of the molecule is CCSc1cccc(N(CC)CCC(=O)O)c1C#N. The number of carboxylic acids is 1. The van der Waals surface area contributed by atoms with E-state index in [4.69, 9.17) is 5.11 Å². The van der Waals surface area contributed by atoms with Crippen LogP contribution in [-0.4, -0.2) is 29.9 Å². The van der Waals surface area contributed by atoms with Crippen molar-refractivity contribution in [3.8, 4) is 6.07 Å². The Morgan fingerprint density at radius 3 is 2.74 bits per heavy atom. The average molecular weight is 278 g/mol. The third kappa shape index (κ3) is 4.18. The Hall–Kier alpha value is -1.67. The van der Waals surface area contributed by atoms with E-state index in [1.165, 1.54) is 0 Å². The van der Waals surface area contributed by atoms with Gasteiger partial charge in [0.2, 0.25) is 0 Å². The lowest BCUT2D eigenvalue weighted by Gasteiger charge is -2.24. The molecule has 1 aromatic rings. The number of hydrogen-bond donors (Lipinski definition) is 1. The molecule has 0 fully saturated rings. The molecule has 5 heteroatoms. The van der Waals surface area contributed by atoms with Gasteiger partial charge in [-0.25, -0.2) is 0 Å². The smallest absolute Gasteiger partial charge is 0.305 e. The van der Waals surface area contributed by atoms with E-state index in [9.17, 15) is 10.1 Å². The minimum Gasteiger partial charge on any atom is -0.481 e. The monoisotopic (exact) mass is 278 g/mol. The molecule has 0 aliphatic rings. The van der Waals surface area contributed by atoms with Crippen molar-refractivity contribution >= 4 is 23.4 Å². The van der Waals surface area contributed by atoms with Crippen molar-refractivity contribution in [2.45, 2.75) is 25.2 Å². The van der Waals surface area contributed by atoms with Gasteiger partial charge >= 0.3 is 5.97 Å². The fourth-order valence-corrected chi connectivity index (χ4v) is 2.63. The van der Waals surface area contributed by atoms with Crippen LogP contribution in [0.25, 0.3) is 0 Å². The van der Waals surface area contributed by atoms with Crippen LogP contribution < -0.4 is 4.90 Å². The normalized spacial score (nSPS) is 9.95. The zero-order valence-electron chi connectivity index (χ0n) is 11.2. The first kappa shape index (κ1) is 15.4. The molecule has 4 nitrogen and oxygen atoms in total. The van der Waals surface area contributed by atoms with E-state index in [1.807, 2.05) is 36.9 Å². The van der Waals surface area contributed by atoms with Crippen LogP contribution in [0.1, 0.15) is 25.8 Å². The Bertz CT molecular complexity index is 483. The number of aliphatic carboxylic acids is 1. The predicted molar refractivity (Wildman–Crippen MR) is 77.7 cm³/mol. The van der Waals surface area contributed by atoms with E-state index in [2.05, 4.69) is 6.07 Å². The fraction of sp³-hybridized carbons (Fsp3) is 0.429. The number of hydrogen-bond acceptors (Lipinski definition) is 4. The molecule has 102 valence electrons. The van der Waals surface area contributed by atoms with E-state index in [-0.39, 0.29) is 6.42 Å². The maximum absolute atomic E-state index is 10.7. The molecular weight excluding hydrogens is 260 g/mol. The Labute approximate surface area is 118 Å². The first-order chi connectivity index (χ1) is 9.13. The van der Waals surface area contributed by atoms with Crippen molar-refractivity contribution in [1.29, 1.82) is 5.26 Å². The van der Waals surface area contributed by atoms with Gasteiger partial charge in [-0.2, -0.15) is 5.26 Å². The van der Waals surface area contributed by atoms with Gasteiger partial charge in [0, 0.05) is 18.0 Å². The third-order valence-electron chi connectivity index (χ3n) is 2.73. The number of nitrogens with zero attached hydrogens (tertiary/aromatic N) is 2. The van der Waals surface area contributed by atoms with Crippen LogP contribution in [-0.2, 0) is 4.79 Å². The van der Waals surface area contributed by atoms with Gasteiger partial charge in [-0.05, 0) is 24.8 Å². The third-order valence-corrected chi connectivity index (χ3v) is 3.67. The van der Waals surface area contributed by atoms with E-state index >= 15 is 0 Å². The molecule has 1 rings (SSSR count). The predicted octanol–water partition coefficient (Wildman–Crippen LogP) is 2.97. The van der Waals surface area contributed by atoms with Crippen LogP contribution in [0.3, 0.4) is 0 Å². The maximum Gasteiger partial charge on any atom is 0.305 e. The van der Waals surface area contributed by atoms with Gasteiger partial charge in [-0.1, -0.05) is 13.0 Å². The lowest BCUT2D eigenvalue weighted by atomic mass is 10.1. The van der Waals surface area contributed by atoms with Gasteiger partial charge in [-0.3, -0.25) is 4.79 Å². The summed E-state index contributed by atoms with van der Waals surface area (Å²) in [5.74, 6) is 0.0791. The molecule has 0 aliphatic heterocycles. The number of carbonyl (C=O) groups is 1. The number of rotatable bonds is 7. The number of benzene rings is 1. The molecule has 1 aromatic carbocycles. The lowest BCUT2D eigenvalue weighted by Crippen LogP contribution is -2.26. The van der Waals surface area contributed by atoms with Gasteiger partial charge in [0.1, 0.15) is 6.07 Å². The molecule has 0 saturated heterocycles. The summed E-state index contributed by atoms with van der Waals surface area (Å²) in [6, 6.07) is 7.97. The number of thioether (sulfide) groups is 1. The highest BCUT2D eigenvalue weighted by molar-refractivity contribution is 7.99. The largest absolute Gasteiger partial charge is 0.481 e.